The summed E-state index contributed by atoms with van der Waals surface area (Å²) in [6.07, 6.45) is -4.40. The zero-order valence-corrected chi connectivity index (χ0v) is 21.4. The molecule has 0 aliphatic carbocycles. The number of methoxy groups -OCH3 is 1. The van der Waals surface area contributed by atoms with E-state index < -0.39 is 11.7 Å². The fraction of sp³-hybridized carbons (Fsp3) is 0.367. The molecule has 0 spiro atoms. The summed E-state index contributed by atoms with van der Waals surface area (Å²) in [4.78, 5) is 19.8. The lowest BCUT2D eigenvalue weighted by Crippen LogP contribution is -2.48. The van der Waals surface area contributed by atoms with Crippen LogP contribution in [0.4, 0.5) is 18.9 Å². The Morgan fingerprint density at radius 2 is 1.63 bits per heavy atom. The summed E-state index contributed by atoms with van der Waals surface area (Å²) in [5, 5.41) is 0. The number of hydrogen-bond donors (Lipinski definition) is 0. The van der Waals surface area contributed by atoms with Gasteiger partial charge in [0.1, 0.15) is 5.75 Å². The Morgan fingerprint density at radius 3 is 2.34 bits per heavy atom. The van der Waals surface area contributed by atoms with Crippen LogP contribution in [0.25, 0.3) is 0 Å². The van der Waals surface area contributed by atoms with Crippen LogP contribution in [0, 0.1) is 5.92 Å². The van der Waals surface area contributed by atoms with Crippen molar-refractivity contribution in [1.29, 1.82) is 0 Å². The molecule has 3 aromatic carbocycles. The third-order valence-electron chi connectivity index (χ3n) is 7.67. The molecule has 1 amide bonds. The molecule has 2 aliphatic heterocycles. The first-order chi connectivity index (χ1) is 18.3. The highest BCUT2D eigenvalue weighted by molar-refractivity contribution is 5.94. The number of alkyl halides is 3. The molecular weight excluding hydrogens is 491 g/mol. The van der Waals surface area contributed by atoms with Crippen molar-refractivity contribution in [3.05, 3.63) is 95.6 Å². The van der Waals surface area contributed by atoms with E-state index in [1.165, 1.54) is 12.1 Å². The molecule has 200 valence electrons. The molecule has 2 atom stereocenters. The van der Waals surface area contributed by atoms with Crippen LogP contribution in [-0.2, 0) is 6.18 Å². The molecule has 2 heterocycles. The minimum Gasteiger partial charge on any atom is -0.497 e. The number of carbonyl (C=O) groups excluding carboxylic acids is 1. The summed E-state index contributed by atoms with van der Waals surface area (Å²) in [5.74, 6) is 0.617. The second-order valence-corrected chi connectivity index (χ2v) is 10.1. The number of likely N-dealkylation sites (tertiary alicyclic amines) is 1. The van der Waals surface area contributed by atoms with Crippen molar-refractivity contribution in [2.75, 3.05) is 57.8 Å². The van der Waals surface area contributed by atoms with Gasteiger partial charge in [-0.25, -0.2) is 0 Å². The lowest BCUT2D eigenvalue weighted by atomic mass is 9.87. The van der Waals surface area contributed by atoms with Crippen LogP contribution in [0.5, 0.6) is 5.75 Å². The summed E-state index contributed by atoms with van der Waals surface area (Å²) >= 11 is 0. The molecule has 0 bridgehead atoms. The normalized spacial score (nSPS) is 20.5. The largest absolute Gasteiger partial charge is 0.497 e. The Morgan fingerprint density at radius 1 is 0.895 bits per heavy atom. The Balaban J connectivity index is 1.32. The van der Waals surface area contributed by atoms with Crippen LogP contribution in [-0.4, -0.2) is 68.6 Å². The first-order valence-corrected chi connectivity index (χ1v) is 12.9. The number of benzene rings is 3. The number of carbonyl (C=O) groups is 1. The Kier molecular flexibility index (Phi) is 7.61. The van der Waals surface area contributed by atoms with Crippen LogP contribution in [0.1, 0.15) is 27.4 Å². The van der Waals surface area contributed by atoms with Crippen LogP contribution in [0.2, 0.25) is 0 Å². The fourth-order valence-electron chi connectivity index (χ4n) is 5.64. The lowest BCUT2D eigenvalue weighted by Gasteiger charge is -2.38. The third kappa shape index (κ3) is 5.80. The van der Waals surface area contributed by atoms with Gasteiger partial charge in [-0.3, -0.25) is 9.69 Å². The fourth-order valence-corrected chi connectivity index (χ4v) is 5.64. The first-order valence-electron chi connectivity index (χ1n) is 12.9. The Hall–Kier alpha value is -3.52. The van der Waals surface area contributed by atoms with Gasteiger partial charge in [0, 0.05) is 69.0 Å². The summed E-state index contributed by atoms with van der Waals surface area (Å²) in [5.41, 5.74) is 1.71. The summed E-state index contributed by atoms with van der Waals surface area (Å²) in [6, 6.07) is 22.7. The van der Waals surface area contributed by atoms with Gasteiger partial charge >= 0.3 is 6.18 Å². The van der Waals surface area contributed by atoms with Gasteiger partial charge in [0.05, 0.1) is 12.7 Å². The van der Waals surface area contributed by atoms with Gasteiger partial charge in [0.2, 0.25) is 0 Å². The average molecular weight is 524 g/mol. The predicted molar refractivity (Wildman–Crippen MR) is 142 cm³/mol. The molecule has 0 aromatic heterocycles. The number of rotatable bonds is 6. The first kappa shape index (κ1) is 26.1. The summed E-state index contributed by atoms with van der Waals surface area (Å²) < 4.78 is 45.8. The highest BCUT2D eigenvalue weighted by Gasteiger charge is 2.39. The van der Waals surface area contributed by atoms with Crippen LogP contribution < -0.4 is 9.64 Å². The maximum absolute atomic E-state index is 13.5. The van der Waals surface area contributed by atoms with E-state index in [2.05, 4.69) is 15.9 Å². The van der Waals surface area contributed by atoms with Gasteiger partial charge in [-0.2, -0.15) is 13.2 Å². The van der Waals surface area contributed by atoms with E-state index in [4.69, 9.17) is 4.74 Å². The van der Waals surface area contributed by atoms with Gasteiger partial charge in [0.25, 0.3) is 5.91 Å². The van der Waals surface area contributed by atoms with Crippen molar-refractivity contribution >= 4 is 11.6 Å². The minimum absolute atomic E-state index is 0.0366. The van der Waals surface area contributed by atoms with Crippen LogP contribution >= 0.6 is 0 Å². The van der Waals surface area contributed by atoms with Crippen molar-refractivity contribution in [3.63, 3.8) is 0 Å². The van der Waals surface area contributed by atoms with E-state index in [0.29, 0.717) is 24.2 Å². The number of anilines is 1. The van der Waals surface area contributed by atoms with Crippen molar-refractivity contribution in [2.45, 2.75) is 12.1 Å². The second-order valence-electron chi connectivity index (χ2n) is 10.1. The zero-order valence-electron chi connectivity index (χ0n) is 21.4. The molecule has 2 saturated heterocycles. The third-order valence-corrected chi connectivity index (χ3v) is 7.67. The molecular formula is C30H32F3N3O2. The van der Waals surface area contributed by atoms with E-state index in [9.17, 15) is 18.0 Å². The standard InChI is InChI=1S/C30H32F3N3O2/c1-38-27-12-6-11-26(18-27)35-15-13-34(14-16-35)19-24-20-36(29(37)22-7-3-2-4-8-22)21-28(24)23-9-5-10-25(17-23)30(31,32)33/h2-12,17-18,24,28H,13-16,19-21H2,1H3. The van der Waals surface area contributed by atoms with E-state index in [1.54, 1.807) is 30.2 Å². The Bertz CT molecular complexity index is 1240. The van der Waals surface area contributed by atoms with E-state index >= 15 is 0 Å². The number of ether oxygens (including phenoxy) is 1. The maximum Gasteiger partial charge on any atom is 0.416 e. The van der Waals surface area contributed by atoms with Crippen molar-refractivity contribution < 1.29 is 22.7 Å². The molecule has 38 heavy (non-hydrogen) atoms. The second kappa shape index (κ2) is 11.1. The SMILES string of the molecule is COc1cccc(N2CCN(CC3CN(C(=O)c4ccccc4)CC3c3cccc(C(F)(F)F)c3)CC2)c1. The molecule has 0 N–H and O–H groups in total. The molecule has 2 fully saturated rings. The molecule has 2 unspecified atom stereocenters. The van der Waals surface area contributed by atoms with Crippen molar-refractivity contribution in [1.82, 2.24) is 9.80 Å². The molecule has 2 aliphatic rings. The van der Waals surface area contributed by atoms with Crippen LogP contribution in [0.3, 0.4) is 0 Å². The smallest absolute Gasteiger partial charge is 0.416 e. The summed E-state index contributed by atoms with van der Waals surface area (Å²) in [7, 11) is 1.66. The predicted octanol–water partition coefficient (Wildman–Crippen LogP) is 5.39. The van der Waals surface area contributed by atoms with Gasteiger partial charge in [-0.15, -0.1) is 0 Å². The molecule has 3 aromatic rings. The monoisotopic (exact) mass is 523 g/mol. The van der Waals surface area contributed by atoms with Gasteiger partial charge in [-0.05, 0) is 41.8 Å². The topological polar surface area (TPSA) is 36.0 Å². The molecule has 5 nitrogen and oxygen atoms in total. The number of halogens is 3. The minimum atomic E-state index is -4.40. The summed E-state index contributed by atoms with van der Waals surface area (Å²) in [6.45, 7) is 5.03. The lowest BCUT2D eigenvalue weighted by molar-refractivity contribution is -0.137. The van der Waals surface area contributed by atoms with E-state index in [0.717, 1.165) is 50.2 Å². The average Bonchev–Trinajstić information content (AvgIpc) is 3.37. The van der Waals surface area contributed by atoms with Gasteiger partial charge in [-0.1, -0.05) is 42.5 Å². The number of amides is 1. The van der Waals surface area contributed by atoms with Gasteiger partial charge in [0.15, 0.2) is 0 Å². The van der Waals surface area contributed by atoms with E-state index in [1.807, 2.05) is 36.4 Å². The molecule has 0 saturated carbocycles. The van der Waals surface area contributed by atoms with Gasteiger partial charge < -0.3 is 14.5 Å². The van der Waals surface area contributed by atoms with Crippen LogP contribution in [0.15, 0.2) is 78.9 Å². The number of hydrogen-bond acceptors (Lipinski definition) is 4. The Labute approximate surface area is 221 Å². The molecule has 0 radical (unpaired) electrons. The molecule has 5 rings (SSSR count). The zero-order chi connectivity index (χ0) is 26.7. The number of nitrogens with zero attached hydrogens (tertiary/aromatic N) is 3. The highest BCUT2D eigenvalue weighted by Crippen LogP contribution is 2.37. The van der Waals surface area contributed by atoms with Crippen molar-refractivity contribution in [2.24, 2.45) is 5.92 Å². The molecule has 8 heteroatoms. The van der Waals surface area contributed by atoms with Crippen molar-refractivity contribution in [3.8, 4) is 5.75 Å². The highest BCUT2D eigenvalue weighted by atomic mass is 19.4. The quantitative estimate of drug-likeness (QED) is 0.434. The number of piperazine rings is 1. The maximum atomic E-state index is 13.5. The van der Waals surface area contributed by atoms with E-state index in [-0.39, 0.29) is 17.7 Å².